The zero-order valence-electron chi connectivity index (χ0n) is 10.3. The largest absolute Gasteiger partial charge is 0.475 e. The Hall–Kier alpha value is -1.20. The van der Waals surface area contributed by atoms with Gasteiger partial charge in [-0.25, -0.2) is 4.57 Å². The smallest absolute Gasteiger partial charge is 0.313 e. The fourth-order valence-electron chi connectivity index (χ4n) is 1.83. The zero-order valence-corrected chi connectivity index (χ0v) is 11.2. The minimum Gasteiger partial charge on any atom is -0.313 e. The van der Waals surface area contributed by atoms with Gasteiger partial charge in [0.1, 0.15) is 0 Å². The third-order valence-electron chi connectivity index (χ3n) is 2.82. The normalized spacial score (nSPS) is 19.2. The molecule has 1 amide bonds. The molecule has 6 nitrogen and oxygen atoms in total. The zero-order chi connectivity index (χ0) is 13.3. The van der Waals surface area contributed by atoms with Crippen LogP contribution in [0.1, 0.15) is 11.7 Å². The quantitative estimate of drug-likeness (QED) is 0.785. The first-order valence-electron chi connectivity index (χ1n) is 5.29. The van der Waals surface area contributed by atoms with Gasteiger partial charge in [0.15, 0.2) is 6.10 Å². The van der Waals surface area contributed by atoms with Crippen LogP contribution >= 0.6 is 7.82 Å². The molecule has 0 aliphatic carbocycles. The molecule has 1 aromatic rings. The Kier molecular flexibility index (Phi) is 3.54. The summed E-state index contributed by atoms with van der Waals surface area (Å²) in [5.74, 6) is -0.300. The second-order valence-electron chi connectivity index (χ2n) is 3.75. The van der Waals surface area contributed by atoms with Gasteiger partial charge in [0, 0.05) is 32.5 Å². The molecule has 1 aliphatic rings. The van der Waals surface area contributed by atoms with Crippen molar-refractivity contribution in [1.29, 1.82) is 0 Å². The van der Waals surface area contributed by atoms with E-state index >= 15 is 0 Å². The molecule has 98 valence electrons. The molecule has 0 aromatic heterocycles. The number of nitrogens with zero attached hydrogens (tertiary/aromatic N) is 1. The van der Waals surface area contributed by atoms with Crippen molar-refractivity contribution in [3.05, 3.63) is 29.8 Å². The third-order valence-corrected chi connectivity index (χ3v) is 4.18. The number of hydrogen-bond acceptors (Lipinski definition) is 5. The minimum atomic E-state index is -3.70. The van der Waals surface area contributed by atoms with Gasteiger partial charge in [-0.3, -0.25) is 18.4 Å². The van der Waals surface area contributed by atoms with Crippen LogP contribution in [0.5, 0.6) is 0 Å². The van der Waals surface area contributed by atoms with Crippen molar-refractivity contribution < 1.29 is 22.9 Å². The van der Waals surface area contributed by atoms with Gasteiger partial charge in [-0.1, -0.05) is 18.2 Å². The average molecular weight is 271 g/mol. The van der Waals surface area contributed by atoms with E-state index in [1.807, 2.05) is 6.07 Å². The number of carbonyl (C=O) groups excluding carboxylic acids is 1. The molecule has 18 heavy (non-hydrogen) atoms. The van der Waals surface area contributed by atoms with Gasteiger partial charge in [-0.2, -0.15) is 0 Å². The average Bonchev–Trinajstić information content (AvgIpc) is 2.64. The first-order valence-corrected chi connectivity index (χ1v) is 6.75. The molecule has 1 atom stereocenters. The SMILES string of the molecule is COP(=O)(OC)OC1C(=O)N(C)c2ccccc21. The molecule has 1 aromatic carbocycles. The standard InChI is InChI=1S/C11H14NO5P/c1-12-9-7-5-4-6-8(9)10(11(12)13)17-18(14,15-2)16-3/h4-7,10H,1-3H3. The number of hydrogen-bond donors (Lipinski definition) is 0. The van der Waals surface area contributed by atoms with Gasteiger partial charge in [0.2, 0.25) is 0 Å². The summed E-state index contributed by atoms with van der Waals surface area (Å²) >= 11 is 0. The van der Waals surface area contributed by atoms with Crippen LogP contribution in [0.25, 0.3) is 0 Å². The van der Waals surface area contributed by atoms with Gasteiger partial charge in [0.05, 0.1) is 0 Å². The summed E-state index contributed by atoms with van der Waals surface area (Å²) in [6, 6.07) is 7.14. The molecule has 0 saturated carbocycles. The van der Waals surface area contributed by atoms with E-state index in [2.05, 4.69) is 9.05 Å². The maximum Gasteiger partial charge on any atom is 0.475 e. The highest BCUT2D eigenvalue weighted by molar-refractivity contribution is 7.48. The minimum absolute atomic E-state index is 0.300. The topological polar surface area (TPSA) is 65.1 Å². The Morgan fingerprint density at radius 2 is 1.83 bits per heavy atom. The highest BCUT2D eigenvalue weighted by Gasteiger charge is 2.41. The fourth-order valence-corrected chi connectivity index (χ4v) is 2.62. The number of anilines is 1. The van der Waals surface area contributed by atoms with Crippen molar-refractivity contribution in [2.75, 3.05) is 26.2 Å². The van der Waals surface area contributed by atoms with Crippen molar-refractivity contribution in [1.82, 2.24) is 0 Å². The van der Waals surface area contributed by atoms with Crippen LogP contribution in [0.4, 0.5) is 5.69 Å². The molecule has 7 heteroatoms. The van der Waals surface area contributed by atoms with Gasteiger partial charge in [-0.15, -0.1) is 0 Å². The van der Waals surface area contributed by atoms with Crippen molar-refractivity contribution in [3.63, 3.8) is 0 Å². The summed E-state index contributed by atoms with van der Waals surface area (Å²) in [7, 11) is 0.352. The van der Waals surface area contributed by atoms with Crippen LogP contribution in [0.3, 0.4) is 0 Å². The maximum absolute atomic E-state index is 12.0. The van der Waals surface area contributed by atoms with E-state index in [1.54, 1.807) is 25.2 Å². The molecule has 0 saturated heterocycles. The van der Waals surface area contributed by atoms with E-state index < -0.39 is 13.9 Å². The number of carbonyl (C=O) groups is 1. The molecule has 0 N–H and O–H groups in total. The summed E-state index contributed by atoms with van der Waals surface area (Å²) in [5, 5.41) is 0. The molecular formula is C11H14NO5P. The summed E-state index contributed by atoms with van der Waals surface area (Å²) in [6.07, 6.45) is -0.961. The number of para-hydroxylation sites is 1. The number of amides is 1. The lowest BCUT2D eigenvalue weighted by Gasteiger charge is -2.17. The Balaban J connectivity index is 2.35. The van der Waals surface area contributed by atoms with E-state index in [9.17, 15) is 9.36 Å². The molecular weight excluding hydrogens is 257 g/mol. The predicted octanol–water partition coefficient (Wildman–Crippen LogP) is 2.12. The molecule has 2 rings (SSSR count). The summed E-state index contributed by atoms with van der Waals surface area (Å²) in [4.78, 5) is 13.5. The number of likely N-dealkylation sites (N-methyl/N-ethyl adjacent to an activating group) is 1. The highest BCUT2D eigenvalue weighted by atomic mass is 31.2. The molecule has 0 fully saturated rings. The predicted molar refractivity (Wildman–Crippen MR) is 65.3 cm³/mol. The number of rotatable bonds is 4. The van der Waals surface area contributed by atoms with Gasteiger partial charge in [0.25, 0.3) is 5.91 Å². The lowest BCUT2D eigenvalue weighted by atomic mass is 10.1. The summed E-state index contributed by atoms with van der Waals surface area (Å²) in [6.45, 7) is 0. The van der Waals surface area contributed by atoms with E-state index in [4.69, 9.17) is 4.52 Å². The fraction of sp³-hybridized carbons (Fsp3) is 0.364. The van der Waals surface area contributed by atoms with Gasteiger partial charge >= 0.3 is 7.82 Å². The van der Waals surface area contributed by atoms with Gasteiger partial charge in [-0.05, 0) is 6.07 Å². The number of phosphoric ester groups is 1. The lowest BCUT2D eigenvalue weighted by Crippen LogP contribution is -2.25. The molecule has 0 bridgehead atoms. The van der Waals surface area contributed by atoms with E-state index in [0.29, 0.717) is 5.56 Å². The monoisotopic (exact) mass is 271 g/mol. The van der Waals surface area contributed by atoms with E-state index in [1.165, 1.54) is 19.1 Å². The van der Waals surface area contributed by atoms with Crippen LogP contribution in [0.2, 0.25) is 0 Å². The van der Waals surface area contributed by atoms with Crippen LogP contribution in [0.15, 0.2) is 24.3 Å². The van der Waals surface area contributed by atoms with Gasteiger partial charge < -0.3 is 4.90 Å². The first-order chi connectivity index (χ1) is 8.52. The maximum atomic E-state index is 12.0. The molecule has 1 unspecified atom stereocenters. The second kappa shape index (κ2) is 4.82. The lowest BCUT2D eigenvalue weighted by molar-refractivity contribution is -0.125. The third kappa shape index (κ3) is 2.08. The Labute approximate surface area is 105 Å². The van der Waals surface area contributed by atoms with E-state index in [0.717, 1.165) is 5.69 Å². The molecule has 0 spiro atoms. The number of phosphoric acid groups is 1. The van der Waals surface area contributed by atoms with Crippen LogP contribution in [-0.4, -0.2) is 27.2 Å². The van der Waals surface area contributed by atoms with Crippen LogP contribution in [0, 0.1) is 0 Å². The first kappa shape index (κ1) is 13.2. The summed E-state index contributed by atoms with van der Waals surface area (Å²) < 4.78 is 26.5. The number of benzene rings is 1. The molecule has 0 radical (unpaired) electrons. The molecule has 1 heterocycles. The van der Waals surface area contributed by atoms with E-state index in [-0.39, 0.29) is 5.91 Å². The molecule has 1 aliphatic heterocycles. The van der Waals surface area contributed by atoms with Crippen molar-refractivity contribution in [2.24, 2.45) is 0 Å². The van der Waals surface area contributed by atoms with Crippen molar-refractivity contribution >= 4 is 19.4 Å². The Morgan fingerprint density at radius 3 is 2.44 bits per heavy atom. The van der Waals surface area contributed by atoms with Crippen LogP contribution < -0.4 is 4.90 Å². The van der Waals surface area contributed by atoms with Crippen molar-refractivity contribution in [3.8, 4) is 0 Å². The Morgan fingerprint density at radius 1 is 1.22 bits per heavy atom. The van der Waals surface area contributed by atoms with Crippen LogP contribution in [-0.2, 0) is 22.9 Å². The summed E-state index contributed by atoms with van der Waals surface area (Å²) in [5.41, 5.74) is 1.38. The number of fused-ring (bicyclic) bond motifs is 1. The second-order valence-corrected chi connectivity index (χ2v) is 5.59. The Bertz CT molecular complexity index is 510. The van der Waals surface area contributed by atoms with Crippen molar-refractivity contribution in [2.45, 2.75) is 6.10 Å². The highest BCUT2D eigenvalue weighted by Crippen LogP contribution is 2.54.